The number of hydrogen-bond acceptors (Lipinski definition) is 5. The molecular formula is C20H17FN2O4S. The Morgan fingerprint density at radius 2 is 1.43 bits per heavy atom. The molecule has 4 rings (SSSR count). The fourth-order valence-corrected chi connectivity index (χ4v) is 4.94. The number of ketones is 2. The van der Waals surface area contributed by atoms with Gasteiger partial charge in [-0.2, -0.15) is 0 Å². The highest BCUT2D eigenvalue weighted by atomic mass is 32.2. The number of carbonyl (C=O) groups excluding carboxylic acids is 2. The zero-order valence-electron chi connectivity index (χ0n) is 14.8. The van der Waals surface area contributed by atoms with Crippen molar-refractivity contribution in [3.8, 4) is 0 Å². The number of hydrogen-bond donors (Lipinski definition) is 1. The minimum absolute atomic E-state index is 0.0318. The van der Waals surface area contributed by atoms with Crippen LogP contribution in [-0.4, -0.2) is 38.0 Å². The largest absolute Gasteiger partial charge is 0.367 e. The lowest BCUT2D eigenvalue weighted by atomic mass is 9.92. The zero-order chi connectivity index (χ0) is 19.9. The number of carbonyl (C=O) groups is 2. The van der Waals surface area contributed by atoms with E-state index in [1.54, 1.807) is 17.0 Å². The van der Waals surface area contributed by atoms with Crippen molar-refractivity contribution in [2.75, 3.05) is 17.8 Å². The number of Topliss-reactive ketones (excluding diaryl/α,β-unsaturated/α-hetero) is 2. The molecule has 0 aromatic heterocycles. The Balaban J connectivity index is 1.89. The van der Waals surface area contributed by atoms with Crippen molar-refractivity contribution in [2.45, 2.75) is 12.8 Å². The molecule has 0 bridgehead atoms. The second-order valence-electron chi connectivity index (χ2n) is 6.66. The van der Waals surface area contributed by atoms with E-state index in [4.69, 9.17) is 0 Å². The van der Waals surface area contributed by atoms with Crippen molar-refractivity contribution in [1.82, 2.24) is 4.90 Å². The van der Waals surface area contributed by atoms with Gasteiger partial charge in [-0.25, -0.2) is 12.8 Å². The van der Waals surface area contributed by atoms with Gasteiger partial charge >= 0.3 is 0 Å². The Morgan fingerprint density at radius 3 is 2.07 bits per heavy atom. The standard InChI is InChI=1S/C20H17FN2O4S/c21-15-9-3-4-10-16(15)22-28(26,27)20-17(23-11-5-6-12-23)18(24)13-7-1-2-8-14(13)19(20)25/h1-4,7-10,22H,5-6,11-12H2. The Kier molecular flexibility index (Phi) is 4.50. The minimum Gasteiger partial charge on any atom is -0.367 e. The summed E-state index contributed by atoms with van der Waals surface area (Å²) in [5.41, 5.74) is -0.205. The number of rotatable bonds is 4. The molecule has 8 heteroatoms. The summed E-state index contributed by atoms with van der Waals surface area (Å²) in [6, 6.07) is 11.4. The van der Waals surface area contributed by atoms with Crippen molar-refractivity contribution in [3.63, 3.8) is 0 Å². The predicted octanol–water partition coefficient (Wildman–Crippen LogP) is 2.95. The van der Waals surface area contributed by atoms with E-state index in [1.807, 2.05) is 0 Å². The van der Waals surface area contributed by atoms with Crippen molar-refractivity contribution in [3.05, 3.63) is 76.1 Å². The molecule has 0 radical (unpaired) electrons. The molecule has 2 aromatic carbocycles. The summed E-state index contributed by atoms with van der Waals surface area (Å²) >= 11 is 0. The van der Waals surface area contributed by atoms with E-state index in [1.165, 1.54) is 30.3 Å². The lowest BCUT2D eigenvalue weighted by Gasteiger charge is -2.27. The normalized spacial score (nSPS) is 17.1. The van der Waals surface area contributed by atoms with Gasteiger partial charge in [0.25, 0.3) is 10.0 Å². The van der Waals surface area contributed by atoms with Crippen LogP contribution in [-0.2, 0) is 10.0 Å². The van der Waals surface area contributed by atoms with Crippen molar-refractivity contribution >= 4 is 27.3 Å². The van der Waals surface area contributed by atoms with Gasteiger partial charge in [-0.15, -0.1) is 0 Å². The number of benzene rings is 2. The van der Waals surface area contributed by atoms with E-state index in [0.29, 0.717) is 13.1 Å². The predicted molar refractivity (Wildman–Crippen MR) is 102 cm³/mol. The number of sulfonamides is 1. The maximum absolute atomic E-state index is 14.0. The second kappa shape index (κ2) is 6.87. The van der Waals surface area contributed by atoms with Crippen molar-refractivity contribution in [2.24, 2.45) is 0 Å². The van der Waals surface area contributed by atoms with Gasteiger partial charge < -0.3 is 4.90 Å². The molecule has 1 N–H and O–H groups in total. The molecule has 1 aliphatic carbocycles. The van der Waals surface area contributed by atoms with Crippen LogP contribution in [0.25, 0.3) is 0 Å². The molecular weight excluding hydrogens is 383 g/mol. The molecule has 1 fully saturated rings. The average molecular weight is 400 g/mol. The number of allylic oxidation sites excluding steroid dienone is 2. The van der Waals surface area contributed by atoms with Gasteiger partial charge in [0.05, 0.1) is 5.69 Å². The summed E-state index contributed by atoms with van der Waals surface area (Å²) in [5.74, 6) is -2.05. The third-order valence-electron chi connectivity index (χ3n) is 4.86. The lowest BCUT2D eigenvalue weighted by molar-refractivity contribution is 0.0953. The molecule has 1 heterocycles. The highest BCUT2D eigenvalue weighted by Crippen LogP contribution is 2.33. The van der Waals surface area contributed by atoms with Crippen LogP contribution in [0.1, 0.15) is 33.6 Å². The summed E-state index contributed by atoms with van der Waals surface area (Å²) < 4.78 is 42.3. The molecule has 144 valence electrons. The third kappa shape index (κ3) is 2.99. The summed E-state index contributed by atoms with van der Waals surface area (Å²) in [6.07, 6.45) is 1.58. The Bertz CT molecular complexity index is 1120. The zero-order valence-corrected chi connectivity index (χ0v) is 15.6. The molecule has 0 atom stereocenters. The lowest BCUT2D eigenvalue weighted by Crippen LogP contribution is -2.36. The Labute approximate surface area is 161 Å². The van der Waals surface area contributed by atoms with Gasteiger partial charge in [-0.05, 0) is 25.0 Å². The minimum atomic E-state index is -4.49. The number of fused-ring (bicyclic) bond motifs is 1. The summed E-state index contributed by atoms with van der Waals surface area (Å²) in [6.45, 7) is 0.963. The number of likely N-dealkylation sites (tertiary alicyclic amines) is 1. The van der Waals surface area contributed by atoms with Gasteiger partial charge in [0.1, 0.15) is 11.5 Å². The number of nitrogens with zero attached hydrogens (tertiary/aromatic N) is 1. The monoisotopic (exact) mass is 400 g/mol. The van der Waals surface area contributed by atoms with Crippen LogP contribution in [0, 0.1) is 5.82 Å². The molecule has 28 heavy (non-hydrogen) atoms. The van der Waals surface area contributed by atoms with Crippen LogP contribution in [0.15, 0.2) is 59.1 Å². The highest BCUT2D eigenvalue weighted by Gasteiger charge is 2.42. The van der Waals surface area contributed by atoms with E-state index in [9.17, 15) is 22.4 Å². The van der Waals surface area contributed by atoms with E-state index < -0.39 is 32.3 Å². The maximum atomic E-state index is 14.0. The van der Waals surface area contributed by atoms with E-state index >= 15 is 0 Å². The summed E-state index contributed by atoms with van der Waals surface area (Å²) in [5, 5.41) is 0. The first-order valence-electron chi connectivity index (χ1n) is 8.85. The number of para-hydroxylation sites is 1. The topological polar surface area (TPSA) is 83.6 Å². The molecule has 1 aliphatic heterocycles. The third-order valence-corrected chi connectivity index (χ3v) is 6.27. The van der Waals surface area contributed by atoms with E-state index in [2.05, 4.69) is 4.72 Å². The molecule has 0 saturated carbocycles. The SMILES string of the molecule is O=C1C(N2CCCC2)=C(S(=O)(=O)Nc2ccccc2F)C(=O)c2ccccc21. The molecule has 6 nitrogen and oxygen atoms in total. The fourth-order valence-electron chi connectivity index (χ4n) is 3.56. The van der Waals surface area contributed by atoms with Crippen LogP contribution in [0.2, 0.25) is 0 Å². The van der Waals surface area contributed by atoms with Crippen LogP contribution in [0.3, 0.4) is 0 Å². The number of halogens is 1. The highest BCUT2D eigenvalue weighted by molar-refractivity contribution is 7.97. The van der Waals surface area contributed by atoms with Crippen molar-refractivity contribution < 1.29 is 22.4 Å². The molecule has 0 unspecified atom stereocenters. The number of anilines is 1. The second-order valence-corrected chi connectivity index (χ2v) is 8.28. The first-order valence-corrected chi connectivity index (χ1v) is 10.3. The van der Waals surface area contributed by atoms with Crippen LogP contribution in [0.5, 0.6) is 0 Å². The van der Waals surface area contributed by atoms with Crippen LogP contribution < -0.4 is 4.72 Å². The number of nitrogens with one attached hydrogen (secondary N) is 1. The molecule has 1 saturated heterocycles. The Morgan fingerprint density at radius 1 is 0.857 bits per heavy atom. The molecule has 0 amide bonds. The first-order chi connectivity index (χ1) is 13.4. The first kappa shape index (κ1) is 18.4. The smallest absolute Gasteiger partial charge is 0.268 e. The summed E-state index contributed by atoms with van der Waals surface area (Å²) in [7, 11) is -4.49. The van der Waals surface area contributed by atoms with Crippen molar-refractivity contribution in [1.29, 1.82) is 0 Å². The summed E-state index contributed by atoms with van der Waals surface area (Å²) in [4.78, 5) is 27.2. The van der Waals surface area contributed by atoms with Crippen LogP contribution >= 0.6 is 0 Å². The quantitative estimate of drug-likeness (QED) is 0.853. The maximum Gasteiger partial charge on any atom is 0.268 e. The average Bonchev–Trinajstić information content (AvgIpc) is 3.20. The molecule has 0 spiro atoms. The van der Waals surface area contributed by atoms with Crippen LogP contribution in [0.4, 0.5) is 10.1 Å². The van der Waals surface area contributed by atoms with Gasteiger partial charge in [-0.1, -0.05) is 36.4 Å². The molecule has 2 aromatic rings. The van der Waals surface area contributed by atoms with E-state index in [0.717, 1.165) is 18.9 Å². The van der Waals surface area contributed by atoms with E-state index in [-0.39, 0.29) is 22.5 Å². The molecule has 2 aliphatic rings. The Hall–Kier alpha value is -3.00. The fraction of sp³-hybridized carbons (Fsp3) is 0.200. The van der Waals surface area contributed by atoms with Gasteiger partial charge in [0.2, 0.25) is 11.6 Å². The van der Waals surface area contributed by atoms with Gasteiger partial charge in [0, 0.05) is 24.2 Å². The van der Waals surface area contributed by atoms with Gasteiger partial charge in [0.15, 0.2) is 4.91 Å². The van der Waals surface area contributed by atoms with Gasteiger partial charge in [-0.3, -0.25) is 14.3 Å².